The van der Waals surface area contributed by atoms with E-state index in [9.17, 15) is 4.79 Å². The first kappa shape index (κ1) is 14.4. The molecule has 2 aromatic carbocycles. The summed E-state index contributed by atoms with van der Waals surface area (Å²) in [5.74, 6) is 0.527. The highest BCUT2D eigenvalue weighted by Gasteiger charge is 2.10. The molecule has 4 heteroatoms. The van der Waals surface area contributed by atoms with Crippen LogP contribution in [0.2, 0.25) is 5.02 Å². The number of hydrogen-bond acceptors (Lipinski definition) is 2. The Balaban J connectivity index is 2.24. The Morgan fingerprint density at radius 1 is 1.10 bits per heavy atom. The summed E-state index contributed by atoms with van der Waals surface area (Å²) in [5.41, 5.74) is 3.22. The van der Waals surface area contributed by atoms with Crippen molar-refractivity contribution in [2.75, 3.05) is 12.4 Å². The van der Waals surface area contributed by atoms with Crippen LogP contribution in [0.15, 0.2) is 36.4 Å². The van der Waals surface area contributed by atoms with Gasteiger partial charge in [-0.2, -0.15) is 0 Å². The van der Waals surface area contributed by atoms with Crippen molar-refractivity contribution in [3.63, 3.8) is 0 Å². The molecular weight excluding hydrogens is 274 g/mol. The molecule has 2 aromatic rings. The number of aryl methyl sites for hydroxylation is 2. The van der Waals surface area contributed by atoms with E-state index >= 15 is 0 Å². The maximum atomic E-state index is 12.2. The molecule has 104 valence electrons. The molecule has 0 fully saturated rings. The Hall–Kier alpha value is -2.00. The molecule has 0 aliphatic heterocycles. The van der Waals surface area contributed by atoms with Crippen LogP contribution < -0.4 is 10.1 Å². The topological polar surface area (TPSA) is 38.3 Å². The fourth-order valence-corrected chi connectivity index (χ4v) is 2.15. The van der Waals surface area contributed by atoms with E-state index < -0.39 is 0 Å². The largest absolute Gasteiger partial charge is 0.496 e. The molecule has 0 spiro atoms. The van der Waals surface area contributed by atoms with Crippen molar-refractivity contribution in [1.82, 2.24) is 0 Å². The number of nitrogens with one attached hydrogen (secondary N) is 1. The number of rotatable bonds is 3. The van der Waals surface area contributed by atoms with Gasteiger partial charge in [0.2, 0.25) is 0 Å². The summed E-state index contributed by atoms with van der Waals surface area (Å²) >= 11 is 5.90. The first-order chi connectivity index (χ1) is 9.51. The molecule has 20 heavy (non-hydrogen) atoms. The fourth-order valence-electron chi connectivity index (χ4n) is 1.92. The number of hydrogen-bond donors (Lipinski definition) is 1. The Morgan fingerprint density at radius 3 is 2.50 bits per heavy atom. The Bertz CT molecular complexity index is 653. The molecule has 0 atom stereocenters. The van der Waals surface area contributed by atoms with Gasteiger partial charge in [0.05, 0.1) is 7.11 Å². The Morgan fingerprint density at radius 2 is 1.85 bits per heavy atom. The van der Waals surface area contributed by atoms with Crippen LogP contribution in [-0.2, 0) is 0 Å². The third-order valence-corrected chi connectivity index (χ3v) is 3.34. The van der Waals surface area contributed by atoms with E-state index in [-0.39, 0.29) is 5.91 Å². The molecule has 1 N–H and O–H groups in total. The molecule has 3 nitrogen and oxygen atoms in total. The number of ether oxygens (including phenoxy) is 1. The zero-order chi connectivity index (χ0) is 14.7. The molecule has 0 aliphatic rings. The second kappa shape index (κ2) is 5.97. The van der Waals surface area contributed by atoms with Gasteiger partial charge in [-0.3, -0.25) is 4.79 Å². The van der Waals surface area contributed by atoms with E-state index in [1.165, 1.54) is 0 Å². The lowest BCUT2D eigenvalue weighted by atomic mass is 10.1. The monoisotopic (exact) mass is 289 g/mol. The van der Waals surface area contributed by atoms with Crippen molar-refractivity contribution in [3.8, 4) is 5.75 Å². The third kappa shape index (κ3) is 3.11. The average Bonchev–Trinajstić information content (AvgIpc) is 2.42. The zero-order valence-electron chi connectivity index (χ0n) is 11.7. The summed E-state index contributed by atoms with van der Waals surface area (Å²) in [6.07, 6.45) is 0. The van der Waals surface area contributed by atoms with Crippen LogP contribution in [0.4, 0.5) is 5.69 Å². The molecule has 0 saturated heterocycles. The predicted molar refractivity (Wildman–Crippen MR) is 81.9 cm³/mol. The van der Waals surface area contributed by atoms with Gasteiger partial charge in [-0.15, -0.1) is 0 Å². The molecule has 2 rings (SSSR count). The van der Waals surface area contributed by atoms with E-state index in [1.807, 2.05) is 26.0 Å². The second-order valence-corrected chi connectivity index (χ2v) is 5.03. The second-order valence-electron chi connectivity index (χ2n) is 4.60. The Labute approximate surface area is 123 Å². The van der Waals surface area contributed by atoms with Crippen LogP contribution >= 0.6 is 11.6 Å². The lowest BCUT2D eigenvalue weighted by Gasteiger charge is -2.10. The number of benzene rings is 2. The normalized spacial score (nSPS) is 10.2. The van der Waals surface area contributed by atoms with Crippen LogP contribution in [0.25, 0.3) is 0 Å². The summed E-state index contributed by atoms with van der Waals surface area (Å²) in [4.78, 5) is 12.2. The van der Waals surface area contributed by atoms with Crippen LogP contribution in [0.5, 0.6) is 5.75 Å². The highest BCUT2D eigenvalue weighted by molar-refractivity contribution is 6.30. The van der Waals surface area contributed by atoms with Gasteiger partial charge in [-0.05, 0) is 55.3 Å². The van der Waals surface area contributed by atoms with E-state index in [0.717, 1.165) is 16.8 Å². The molecule has 0 aromatic heterocycles. The van der Waals surface area contributed by atoms with Gasteiger partial charge in [0.15, 0.2) is 0 Å². The fraction of sp³-hybridized carbons (Fsp3) is 0.188. The minimum atomic E-state index is -0.172. The maximum absolute atomic E-state index is 12.2. The van der Waals surface area contributed by atoms with Crippen LogP contribution in [0.1, 0.15) is 21.5 Å². The van der Waals surface area contributed by atoms with E-state index in [1.54, 1.807) is 31.4 Å². The minimum absolute atomic E-state index is 0.172. The standard InChI is InChI=1S/C16H16ClNO2/c1-10-4-5-12(9-15(10)20-3)16(19)18-14-7-6-13(17)8-11(14)2/h4-9H,1-3H3,(H,18,19). The molecule has 0 radical (unpaired) electrons. The minimum Gasteiger partial charge on any atom is -0.496 e. The van der Waals surface area contributed by atoms with Crippen molar-refractivity contribution in [2.24, 2.45) is 0 Å². The first-order valence-corrected chi connectivity index (χ1v) is 6.61. The Kier molecular flexibility index (Phi) is 4.30. The van der Waals surface area contributed by atoms with Gasteiger partial charge in [0.1, 0.15) is 5.75 Å². The number of carbonyl (C=O) groups excluding carboxylic acids is 1. The summed E-state index contributed by atoms with van der Waals surface area (Å²) in [6.45, 7) is 3.83. The van der Waals surface area contributed by atoms with Crippen molar-refractivity contribution < 1.29 is 9.53 Å². The van der Waals surface area contributed by atoms with Gasteiger partial charge in [0, 0.05) is 16.3 Å². The van der Waals surface area contributed by atoms with E-state index in [4.69, 9.17) is 16.3 Å². The van der Waals surface area contributed by atoms with E-state index in [2.05, 4.69) is 5.32 Å². The zero-order valence-corrected chi connectivity index (χ0v) is 12.4. The smallest absolute Gasteiger partial charge is 0.255 e. The van der Waals surface area contributed by atoms with Crippen molar-refractivity contribution >= 4 is 23.2 Å². The highest BCUT2D eigenvalue weighted by Crippen LogP contribution is 2.22. The lowest BCUT2D eigenvalue weighted by molar-refractivity contribution is 0.102. The molecule has 0 saturated carbocycles. The number of amides is 1. The third-order valence-electron chi connectivity index (χ3n) is 3.11. The van der Waals surface area contributed by atoms with E-state index in [0.29, 0.717) is 16.3 Å². The van der Waals surface area contributed by atoms with Gasteiger partial charge in [-0.25, -0.2) is 0 Å². The molecule has 0 unspecified atom stereocenters. The quantitative estimate of drug-likeness (QED) is 0.919. The van der Waals surface area contributed by atoms with Crippen LogP contribution in [0, 0.1) is 13.8 Å². The number of halogens is 1. The van der Waals surface area contributed by atoms with Crippen LogP contribution in [0.3, 0.4) is 0 Å². The number of anilines is 1. The SMILES string of the molecule is COc1cc(C(=O)Nc2ccc(Cl)cc2C)ccc1C. The summed E-state index contributed by atoms with van der Waals surface area (Å²) < 4.78 is 5.23. The van der Waals surface area contributed by atoms with Crippen molar-refractivity contribution in [3.05, 3.63) is 58.1 Å². The molecule has 0 heterocycles. The van der Waals surface area contributed by atoms with Crippen molar-refractivity contribution in [1.29, 1.82) is 0 Å². The van der Waals surface area contributed by atoms with Gasteiger partial charge >= 0.3 is 0 Å². The maximum Gasteiger partial charge on any atom is 0.255 e. The van der Waals surface area contributed by atoms with Crippen molar-refractivity contribution in [2.45, 2.75) is 13.8 Å². The summed E-state index contributed by atoms with van der Waals surface area (Å²) in [7, 11) is 1.59. The molecular formula is C16H16ClNO2. The van der Waals surface area contributed by atoms with Gasteiger partial charge in [0.25, 0.3) is 5.91 Å². The lowest BCUT2D eigenvalue weighted by Crippen LogP contribution is -2.13. The molecule has 1 amide bonds. The molecule has 0 bridgehead atoms. The van der Waals surface area contributed by atoms with Crippen LogP contribution in [-0.4, -0.2) is 13.0 Å². The van der Waals surface area contributed by atoms with Gasteiger partial charge in [-0.1, -0.05) is 17.7 Å². The molecule has 0 aliphatic carbocycles. The highest BCUT2D eigenvalue weighted by atomic mass is 35.5. The number of carbonyl (C=O) groups is 1. The first-order valence-electron chi connectivity index (χ1n) is 6.23. The number of methoxy groups -OCH3 is 1. The predicted octanol–water partition coefficient (Wildman–Crippen LogP) is 4.22. The van der Waals surface area contributed by atoms with Gasteiger partial charge < -0.3 is 10.1 Å². The summed E-state index contributed by atoms with van der Waals surface area (Å²) in [5, 5.41) is 3.52. The summed E-state index contributed by atoms with van der Waals surface area (Å²) in [6, 6.07) is 10.7. The average molecular weight is 290 g/mol.